The van der Waals surface area contributed by atoms with E-state index in [2.05, 4.69) is 63.8 Å². The largest absolute Gasteiger partial charge is 0.469 e. The summed E-state index contributed by atoms with van der Waals surface area (Å²) >= 11 is 0. The van der Waals surface area contributed by atoms with Gasteiger partial charge in [0.15, 0.2) is 0 Å². The molecule has 0 spiro atoms. The Kier molecular flexibility index (Phi) is 7.88. The van der Waals surface area contributed by atoms with E-state index < -0.39 is 0 Å². The number of aryl methyl sites for hydroxylation is 4. The van der Waals surface area contributed by atoms with Crippen LogP contribution in [0.1, 0.15) is 68.0 Å². The van der Waals surface area contributed by atoms with E-state index in [9.17, 15) is 4.79 Å². The van der Waals surface area contributed by atoms with E-state index in [0.29, 0.717) is 0 Å². The molecule has 0 N–H and O–H groups in total. The third-order valence-electron chi connectivity index (χ3n) is 6.78. The summed E-state index contributed by atoms with van der Waals surface area (Å²) in [5.74, 6) is -0.0800. The van der Waals surface area contributed by atoms with Crippen molar-refractivity contribution in [2.75, 3.05) is 26.7 Å². The first-order chi connectivity index (χ1) is 15.0. The first kappa shape index (κ1) is 23.5. The van der Waals surface area contributed by atoms with Gasteiger partial charge in [-0.1, -0.05) is 45.9 Å². The van der Waals surface area contributed by atoms with E-state index in [0.717, 1.165) is 56.7 Å². The van der Waals surface area contributed by atoms with E-state index in [1.807, 2.05) is 0 Å². The minimum atomic E-state index is -0.123. The summed E-state index contributed by atoms with van der Waals surface area (Å²) in [6.07, 6.45) is 4.00. The Bertz CT molecular complexity index is 899. The second-order valence-corrected chi connectivity index (χ2v) is 8.67. The van der Waals surface area contributed by atoms with Gasteiger partial charge in [-0.15, -0.1) is 0 Å². The van der Waals surface area contributed by atoms with Crippen molar-refractivity contribution < 1.29 is 9.53 Å². The van der Waals surface area contributed by atoms with E-state index in [1.54, 1.807) is 0 Å². The molecule has 0 aliphatic carbocycles. The van der Waals surface area contributed by atoms with Crippen LogP contribution in [0, 0.1) is 12.8 Å². The molecule has 1 aliphatic heterocycles. The molecule has 2 aromatic rings. The number of benzene rings is 1. The summed E-state index contributed by atoms with van der Waals surface area (Å²) in [5, 5.41) is 0. The molecule has 2 atom stereocenters. The maximum atomic E-state index is 12.6. The molecule has 1 aromatic carbocycles. The van der Waals surface area contributed by atoms with Crippen molar-refractivity contribution in [1.82, 2.24) is 9.88 Å². The number of hydrogen-bond donors (Lipinski definition) is 0. The van der Waals surface area contributed by atoms with Crippen LogP contribution in [0.5, 0.6) is 0 Å². The molecule has 0 radical (unpaired) electrons. The highest BCUT2D eigenvalue weighted by molar-refractivity contribution is 5.75. The summed E-state index contributed by atoms with van der Waals surface area (Å²) in [6, 6.07) is 8.88. The zero-order chi connectivity index (χ0) is 22.5. The van der Waals surface area contributed by atoms with Gasteiger partial charge >= 0.3 is 5.97 Å². The molecule has 3 rings (SSSR count). The maximum Gasteiger partial charge on any atom is 0.310 e. The van der Waals surface area contributed by atoms with Gasteiger partial charge in [0, 0.05) is 30.3 Å². The van der Waals surface area contributed by atoms with Crippen molar-refractivity contribution in [1.29, 1.82) is 0 Å². The lowest BCUT2D eigenvalue weighted by Gasteiger charge is -2.23. The highest BCUT2D eigenvalue weighted by atomic mass is 16.5. The van der Waals surface area contributed by atoms with Crippen LogP contribution in [0.25, 0.3) is 11.3 Å². The summed E-state index contributed by atoms with van der Waals surface area (Å²) in [6.45, 7) is 13.6. The van der Waals surface area contributed by atoms with Crippen LogP contribution < -0.4 is 0 Å². The highest BCUT2D eigenvalue weighted by Gasteiger charge is 2.40. The summed E-state index contributed by atoms with van der Waals surface area (Å²) < 4.78 is 5.19. The summed E-state index contributed by atoms with van der Waals surface area (Å²) in [5.41, 5.74) is 8.69. The molecule has 2 unspecified atom stereocenters. The van der Waals surface area contributed by atoms with E-state index in [1.165, 1.54) is 34.9 Å². The zero-order valence-corrected chi connectivity index (χ0v) is 20.1. The van der Waals surface area contributed by atoms with Gasteiger partial charge < -0.3 is 9.64 Å². The summed E-state index contributed by atoms with van der Waals surface area (Å²) in [7, 11) is 1.50. The predicted octanol–water partition coefficient (Wildman–Crippen LogP) is 5.34. The topological polar surface area (TPSA) is 42.4 Å². The van der Waals surface area contributed by atoms with Crippen molar-refractivity contribution in [3.05, 3.63) is 52.2 Å². The van der Waals surface area contributed by atoms with Crippen LogP contribution in [0.15, 0.2) is 24.3 Å². The molecule has 1 saturated heterocycles. The fourth-order valence-corrected chi connectivity index (χ4v) is 5.31. The Morgan fingerprint density at radius 3 is 2.26 bits per heavy atom. The molecule has 168 valence electrons. The zero-order valence-electron chi connectivity index (χ0n) is 20.1. The van der Waals surface area contributed by atoms with Gasteiger partial charge in [-0.3, -0.25) is 9.78 Å². The van der Waals surface area contributed by atoms with Crippen LogP contribution in [0.3, 0.4) is 0 Å². The van der Waals surface area contributed by atoms with Gasteiger partial charge in [0.2, 0.25) is 0 Å². The molecule has 4 heteroatoms. The number of carbonyl (C=O) groups is 1. The fourth-order valence-electron chi connectivity index (χ4n) is 5.31. The lowest BCUT2D eigenvalue weighted by Crippen LogP contribution is -2.25. The van der Waals surface area contributed by atoms with Crippen LogP contribution >= 0.6 is 0 Å². The Balaban J connectivity index is 2.11. The molecule has 2 heterocycles. The molecule has 0 bridgehead atoms. The predicted molar refractivity (Wildman–Crippen MR) is 128 cm³/mol. The first-order valence-electron chi connectivity index (χ1n) is 11.9. The van der Waals surface area contributed by atoms with E-state index >= 15 is 0 Å². The second-order valence-electron chi connectivity index (χ2n) is 8.67. The smallest absolute Gasteiger partial charge is 0.310 e. The highest BCUT2D eigenvalue weighted by Crippen LogP contribution is 2.39. The van der Waals surface area contributed by atoms with Crippen molar-refractivity contribution in [3.63, 3.8) is 0 Å². The van der Waals surface area contributed by atoms with Crippen LogP contribution in [0.4, 0.5) is 0 Å². The molecule has 31 heavy (non-hydrogen) atoms. The molecule has 4 nitrogen and oxygen atoms in total. The fraction of sp³-hybridized carbons (Fsp3) is 0.556. The number of rotatable bonds is 8. The van der Waals surface area contributed by atoms with Gasteiger partial charge in [-0.05, 0) is 67.5 Å². The number of ether oxygens (including phenoxy) is 1. The summed E-state index contributed by atoms with van der Waals surface area (Å²) in [4.78, 5) is 20.2. The Morgan fingerprint density at radius 1 is 1.06 bits per heavy atom. The maximum absolute atomic E-state index is 12.6. The average Bonchev–Trinajstić information content (AvgIpc) is 3.20. The SMILES string of the molecule is CCCN1CC(C(=O)OC)C(c2c(CC)cc(-c3c(CC)cccc3CC)nc2C)C1. The van der Waals surface area contributed by atoms with Crippen LogP contribution in [-0.4, -0.2) is 42.6 Å². The van der Waals surface area contributed by atoms with Gasteiger partial charge in [-0.25, -0.2) is 0 Å². The van der Waals surface area contributed by atoms with Crippen molar-refractivity contribution in [2.24, 2.45) is 5.92 Å². The molecule has 1 aliphatic rings. The quantitative estimate of drug-likeness (QED) is 0.538. The molecule has 0 amide bonds. The molecule has 1 aromatic heterocycles. The first-order valence-corrected chi connectivity index (χ1v) is 11.9. The standard InChI is InChI=1S/C27H38N2O2/c1-7-14-29-16-22(23(17-29)27(30)31-6)25-18(5)28-24(15-21(25)10-4)26-19(8-2)12-11-13-20(26)9-3/h11-13,15,22-23H,7-10,14,16-17H2,1-6H3. The van der Waals surface area contributed by atoms with E-state index in [4.69, 9.17) is 9.72 Å². The number of aromatic nitrogens is 1. The second kappa shape index (κ2) is 10.4. The van der Waals surface area contributed by atoms with Crippen molar-refractivity contribution in [3.8, 4) is 11.3 Å². The van der Waals surface area contributed by atoms with Gasteiger partial charge in [0.1, 0.15) is 0 Å². The lowest BCUT2D eigenvalue weighted by atomic mass is 9.83. The molecule has 0 saturated carbocycles. The Morgan fingerprint density at radius 2 is 1.71 bits per heavy atom. The number of carbonyl (C=O) groups excluding carboxylic acids is 1. The van der Waals surface area contributed by atoms with Gasteiger partial charge in [0.25, 0.3) is 0 Å². The molecule has 1 fully saturated rings. The van der Waals surface area contributed by atoms with Crippen molar-refractivity contribution in [2.45, 2.75) is 66.2 Å². The van der Waals surface area contributed by atoms with E-state index in [-0.39, 0.29) is 17.8 Å². The Labute approximate surface area is 188 Å². The number of methoxy groups -OCH3 is 1. The number of nitrogens with zero attached hydrogens (tertiary/aromatic N) is 2. The van der Waals surface area contributed by atoms with Gasteiger partial charge in [0.05, 0.1) is 18.7 Å². The van der Waals surface area contributed by atoms with Crippen LogP contribution in [0.2, 0.25) is 0 Å². The normalized spacial score (nSPS) is 19.0. The minimum Gasteiger partial charge on any atom is -0.469 e. The third kappa shape index (κ3) is 4.69. The van der Waals surface area contributed by atoms with Crippen LogP contribution in [-0.2, 0) is 28.8 Å². The van der Waals surface area contributed by atoms with Crippen molar-refractivity contribution >= 4 is 5.97 Å². The molecular weight excluding hydrogens is 384 g/mol. The molecular formula is C27H38N2O2. The average molecular weight is 423 g/mol. The monoisotopic (exact) mass is 422 g/mol. The number of hydrogen-bond acceptors (Lipinski definition) is 4. The lowest BCUT2D eigenvalue weighted by molar-refractivity contribution is -0.145. The van der Waals surface area contributed by atoms with Gasteiger partial charge in [-0.2, -0.15) is 0 Å². The number of esters is 1. The number of likely N-dealkylation sites (tertiary alicyclic amines) is 1. The minimum absolute atomic E-state index is 0.0984. The third-order valence-corrected chi connectivity index (χ3v) is 6.78. The Hall–Kier alpha value is -2.20. The number of pyridine rings is 1.